The Kier molecular flexibility index (Phi) is 5.89. The van der Waals surface area contributed by atoms with Crippen molar-refractivity contribution in [3.05, 3.63) is 17.7 Å². The van der Waals surface area contributed by atoms with E-state index in [1.165, 1.54) is 0 Å². The van der Waals surface area contributed by atoms with Crippen LogP contribution in [-0.4, -0.2) is 39.8 Å². The number of nitrogens with one attached hydrogen (secondary N) is 2. The third-order valence-corrected chi connectivity index (χ3v) is 3.87. The fourth-order valence-electron chi connectivity index (χ4n) is 2.61. The first-order valence-electron chi connectivity index (χ1n) is 7.49. The van der Waals surface area contributed by atoms with E-state index in [0.29, 0.717) is 23.8 Å². The second-order valence-electron chi connectivity index (χ2n) is 5.24. The van der Waals surface area contributed by atoms with Crippen molar-refractivity contribution in [2.75, 3.05) is 27.9 Å². The molecule has 0 bridgehead atoms. The number of ether oxygens (including phenoxy) is 3. The van der Waals surface area contributed by atoms with Crippen LogP contribution >= 0.6 is 0 Å². The van der Waals surface area contributed by atoms with Gasteiger partial charge < -0.3 is 24.8 Å². The molecule has 22 heavy (non-hydrogen) atoms. The van der Waals surface area contributed by atoms with E-state index in [1.807, 2.05) is 6.07 Å². The van der Waals surface area contributed by atoms with Gasteiger partial charge in [-0.1, -0.05) is 6.42 Å². The van der Waals surface area contributed by atoms with Crippen LogP contribution in [-0.2, 0) is 11.3 Å². The second kappa shape index (κ2) is 7.89. The Bertz CT molecular complexity index is 513. The van der Waals surface area contributed by atoms with E-state index in [1.54, 1.807) is 27.4 Å². The summed E-state index contributed by atoms with van der Waals surface area (Å²) in [6, 6.07) is 3.49. The molecule has 6 nitrogen and oxygen atoms in total. The lowest BCUT2D eigenvalue weighted by molar-refractivity contribution is -0.123. The number of carbonyl (C=O) groups excluding carboxylic acids is 1. The monoisotopic (exact) mass is 308 g/mol. The molecular weight excluding hydrogens is 284 g/mol. The zero-order valence-electron chi connectivity index (χ0n) is 13.4. The van der Waals surface area contributed by atoms with Crippen LogP contribution in [0.4, 0.5) is 0 Å². The Morgan fingerprint density at radius 2 is 1.82 bits per heavy atom. The highest BCUT2D eigenvalue weighted by Crippen LogP contribution is 2.34. The predicted molar refractivity (Wildman–Crippen MR) is 83.6 cm³/mol. The van der Waals surface area contributed by atoms with Crippen LogP contribution in [0.1, 0.15) is 24.8 Å². The average Bonchev–Trinajstić information content (AvgIpc) is 2.59. The molecule has 1 fully saturated rings. The van der Waals surface area contributed by atoms with Crippen LogP contribution < -0.4 is 24.8 Å². The summed E-state index contributed by atoms with van der Waals surface area (Å²) in [6.07, 6.45) is 3.10. The summed E-state index contributed by atoms with van der Waals surface area (Å²) in [4.78, 5) is 12.2. The van der Waals surface area contributed by atoms with Crippen LogP contribution in [0, 0.1) is 0 Å². The van der Waals surface area contributed by atoms with Crippen molar-refractivity contribution >= 4 is 5.91 Å². The summed E-state index contributed by atoms with van der Waals surface area (Å²) in [5.41, 5.74) is 0.851. The fraction of sp³-hybridized carbons (Fsp3) is 0.562. The minimum atomic E-state index is -0.0973. The van der Waals surface area contributed by atoms with Gasteiger partial charge in [-0.3, -0.25) is 4.79 Å². The molecule has 0 aliphatic carbocycles. The molecule has 2 rings (SSSR count). The van der Waals surface area contributed by atoms with Gasteiger partial charge in [0, 0.05) is 18.2 Å². The summed E-state index contributed by atoms with van der Waals surface area (Å²) in [5, 5.41) is 6.19. The van der Waals surface area contributed by atoms with Gasteiger partial charge >= 0.3 is 0 Å². The molecule has 1 aliphatic rings. The van der Waals surface area contributed by atoms with E-state index in [0.717, 1.165) is 31.4 Å². The normalized spacial score (nSPS) is 17.7. The van der Waals surface area contributed by atoms with Crippen LogP contribution in [0.25, 0.3) is 0 Å². The molecule has 1 aliphatic heterocycles. The van der Waals surface area contributed by atoms with E-state index >= 15 is 0 Å². The largest absolute Gasteiger partial charge is 0.496 e. The quantitative estimate of drug-likeness (QED) is 0.833. The third kappa shape index (κ3) is 3.82. The lowest BCUT2D eigenvalue weighted by atomic mass is 10.0. The first-order chi connectivity index (χ1) is 10.7. The van der Waals surface area contributed by atoms with Crippen molar-refractivity contribution in [3.8, 4) is 17.2 Å². The number of hydrogen-bond donors (Lipinski definition) is 2. The van der Waals surface area contributed by atoms with Crippen molar-refractivity contribution in [2.24, 2.45) is 0 Å². The standard InChI is InChI=1S/C16H24N2O4/c1-20-13-9-15(22-3)14(21-2)8-11(13)10-18-16(19)12-6-4-5-7-17-12/h8-9,12,17H,4-7,10H2,1-3H3,(H,18,19)/t12-/m1/s1. The van der Waals surface area contributed by atoms with Crippen LogP contribution in [0.3, 0.4) is 0 Å². The Morgan fingerprint density at radius 1 is 1.14 bits per heavy atom. The Labute approximate surface area is 131 Å². The van der Waals surface area contributed by atoms with E-state index in [9.17, 15) is 4.79 Å². The van der Waals surface area contributed by atoms with Gasteiger partial charge in [0.2, 0.25) is 5.91 Å². The van der Waals surface area contributed by atoms with E-state index in [-0.39, 0.29) is 11.9 Å². The Hall–Kier alpha value is -1.95. The topological polar surface area (TPSA) is 68.8 Å². The molecule has 1 amide bonds. The average molecular weight is 308 g/mol. The van der Waals surface area contributed by atoms with Crippen molar-refractivity contribution < 1.29 is 19.0 Å². The summed E-state index contributed by atoms with van der Waals surface area (Å²) in [6.45, 7) is 1.29. The van der Waals surface area contributed by atoms with Crippen LogP contribution in [0.2, 0.25) is 0 Å². The zero-order chi connectivity index (χ0) is 15.9. The van der Waals surface area contributed by atoms with E-state index in [4.69, 9.17) is 14.2 Å². The number of hydrogen-bond acceptors (Lipinski definition) is 5. The minimum Gasteiger partial charge on any atom is -0.496 e. The number of benzene rings is 1. The molecule has 0 saturated carbocycles. The molecule has 1 aromatic carbocycles. The van der Waals surface area contributed by atoms with E-state index in [2.05, 4.69) is 10.6 Å². The van der Waals surface area contributed by atoms with Gasteiger partial charge in [0.25, 0.3) is 0 Å². The lowest BCUT2D eigenvalue weighted by Gasteiger charge is -2.23. The van der Waals surface area contributed by atoms with Crippen molar-refractivity contribution in [1.82, 2.24) is 10.6 Å². The lowest BCUT2D eigenvalue weighted by Crippen LogP contribution is -2.46. The van der Waals surface area contributed by atoms with Crippen LogP contribution in [0.15, 0.2) is 12.1 Å². The molecule has 6 heteroatoms. The molecule has 122 valence electrons. The van der Waals surface area contributed by atoms with E-state index < -0.39 is 0 Å². The Morgan fingerprint density at radius 3 is 2.41 bits per heavy atom. The van der Waals surface area contributed by atoms with Crippen LogP contribution in [0.5, 0.6) is 17.2 Å². The molecule has 0 unspecified atom stereocenters. The summed E-state index contributed by atoms with van der Waals surface area (Å²) < 4.78 is 15.9. The molecule has 1 heterocycles. The third-order valence-electron chi connectivity index (χ3n) is 3.87. The molecular formula is C16H24N2O4. The van der Waals surface area contributed by atoms with Gasteiger partial charge in [-0.2, -0.15) is 0 Å². The van der Waals surface area contributed by atoms with Gasteiger partial charge in [0.1, 0.15) is 5.75 Å². The number of piperidine rings is 1. The molecule has 1 saturated heterocycles. The number of methoxy groups -OCH3 is 3. The highest BCUT2D eigenvalue weighted by Gasteiger charge is 2.20. The van der Waals surface area contributed by atoms with Gasteiger partial charge in [-0.25, -0.2) is 0 Å². The maximum Gasteiger partial charge on any atom is 0.237 e. The zero-order valence-corrected chi connectivity index (χ0v) is 13.4. The van der Waals surface area contributed by atoms with Crippen molar-refractivity contribution in [2.45, 2.75) is 31.8 Å². The minimum absolute atomic E-state index is 0.0246. The van der Waals surface area contributed by atoms with Gasteiger partial charge in [-0.05, 0) is 25.5 Å². The SMILES string of the molecule is COc1cc(OC)c(OC)cc1CNC(=O)[C@H]1CCCCN1. The highest BCUT2D eigenvalue weighted by molar-refractivity contribution is 5.81. The first-order valence-corrected chi connectivity index (χ1v) is 7.49. The Balaban J connectivity index is 2.06. The molecule has 0 spiro atoms. The fourth-order valence-corrected chi connectivity index (χ4v) is 2.61. The molecule has 0 aromatic heterocycles. The van der Waals surface area contributed by atoms with Gasteiger partial charge in [0.05, 0.1) is 27.4 Å². The molecule has 1 atom stereocenters. The number of rotatable bonds is 6. The number of amides is 1. The smallest absolute Gasteiger partial charge is 0.237 e. The first kappa shape index (κ1) is 16.4. The number of carbonyl (C=O) groups is 1. The molecule has 1 aromatic rings. The van der Waals surface area contributed by atoms with Crippen molar-refractivity contribution in [3.63, 3.8) is 0 Å². The van der Waals surface area contributed by atoms with Gasteiger partial charge in [-0.15, -0.1) is 0 Å². The molecule has 0 radical (unpaired) electrons. The maximum atomic E-state index is 12.2. The molecule has 2 N–H and O–H groups in total. The highest BCUT2D eigenvalue weighted by atomic mass is 16.5. The predicted octanol–water partition coefficient (Wildman–Crippen LogP) is 1.47. The van der Waals surface area contributed by atoms with Gasteiger partial charge in [0.15, 0.2) is 11.5 Å². The maximum absolute atomic E-state index is 12.2. The summed E-state index contributed by atoms with van der Waals surface area (Å²) in [7, 11) is 4.75. The second-order valence-corrected chi connectivity index (χ2v) is 5.24. The summed E-state index contributed by atoms with van der Waals surface area (Å²) in [5.74, 6) is 1.90. The van der Waals surface area contributed by atoms with Crippen molar-refractivity contribution in [1.29, 1.82) is 0 Å². The summed E-state index contributed by atoms with van der Waals surface area (Å²) >= 11 is 0.